The van der Waals surface area contributed by atoms with Crippen LogP contribution in [-0.4, -0.2) is 23.3 Å². The Balaban J connectivity index is 2.34. The Morgan fingerprint density at radius 1 is 1.30 bits per heavy atom. The van der Waals surface area contributed by atoms with Gasteiger partial charge in [0, 0.05) is 6.54 Å². The van der Waals surface area contributed by atoms with Crippen LogP contribution in [-0.2, 0) is 9.59 Å². The quantitative estimate of drug-likeness (QED) is 0.696. The normalized spacial score (nSPS) is 29.2. The van der Waals surface area contributed by atoms with Crippen molar-refractivity contribution in [3.63, 3.8) is 0 Å². The van der Waals surface area contributed by atoms with E-state index in [1.807, 2.05) is 12.2 Å². The number of rotatable bonds is 6. The summed E-state index contributed by atoms with van der Waals surface area (Å²) in [5, 5.41) is 0. The Morgan fingerprint density at radius 3 is 2.65 bits per heavy atom. The number of amides is 2. The fourth-order valence-electron chi connectivity index (χ4n) is 3.47. The van der Waals surface area contributed by atoms with Gasteiger partial charge in [-0.25, -0.2) is 0 Å². The summed E-state index contributed by atoms with van der Waals surface area (Å²) >= 11 is 0. The van der Waals surface area contributed by atoms with Gasteiger partial charge in [-0.1, -0.05) is 51.8 Å². The third kappa shape index (κ3) is 2.13. The molecule has 0 aromatic rings. The second kappa shape index (κ2) is 5.94. The van der Waals surface area contributed by atoms with Crippen LogP contribution in [0.3, 0.4) is 0 Å². The van der Waals surface area contributed by atoms with E-state index in [2.05, 4.69) is 20.4 Å². The van der Waals surface area contributed by atoms with Gasteiger partial charge in [-0.2, -0.15) is 0 Å². The molecule has 3 heteroatoms. The van der Waals surface area contributed by atoms with Crippen LogP contribution < -0.4 is 0 Å². The first-order chi connectivity index (χ1) is 9.59. The fraction of sp³-hybridized carbons (Fsp3) is 0.647. The predicted octanol–water partition coefficient (Wildman–Crippen LogP) is 3.46. The van der Waals surface area contributed by atoms with Gasteiger partial charge >= 0.3 is 0 Å². The number of fused-ring (bicyclic) bond motifs is 1. The molecule has 0 bridgehead atoms. The SMILES string of the molecule is C=C1C=CCC2C(=O)N(CCCC)C(=O)C12CCCC. The predicted molar refractivity (Wildman–Crippen MR) is 80.0 cm³/mol. The topological polar surface area (TPSA) is 37.4 Å². The molecule has 110 valence electrons. The van der Waals surface area contributed by atoms with E-state index in [0.29, 0.717) is 13.0 Å². The first-order valence-electron chi connectivity index (χ1n) is 7.81. The highest BCUT2D eigenvalue weighted by molar-refractivity contribution is 6.09. The van der Waals surface area contributed by atoms with E-state index in [-0.39, 0.29) is 17.7 Å². The lowest BCUT2D eigenvalue weighted by atomic mass is 9.65. The molecule has 2 unspecified atom stereocenters. The minimum atomic E-state index is -0.643. The van der Waals surface area contributed by atoms with Gasteiger partial charge in [-0.15, -0.1) is 0 Å². The second-order valence-corrected chi connectivity index (χ2v) is 5.94. The molecule has 1 saturated heterocycles. The number of unbranched alkanes of at least 4 members (excludes halogenated alkanes) is 2. The van der Waals surface area contributed by atoms with Gasteiger partial charge in [0.1, 0.15) is 0 Å². The molecule has 0 aromatic heterocycles. The van der Waals surface area contributed by atoms with E-state index in [0.717, 1.165) is 37.7 Å². The number of hydrogen-bond donors (Lipinski definition) is 0. The number of likely N-dealkylation sites (tertiary alicyclic amines) is 1. The number of hydrogen-bond acceptors (Lipinski definition) is 2. The lowest BCUT2D eigenvalue weighted by Gasteiger charge is -2.34. The zero-order valence-corrected chi connectivity index (χ0v) is 12.7. The molecular formula is C17H25NO2. The molecule has 1 heterocycles. The maximum absolute atomic E-state index is 12.9. The maximum atomic E-state index is 12.9. The van der Waals surface area contributed by atoms with Crippen LogP contribution >= 0.6 is 0 Å². The van der Waals surface area contributed by atoms with Crippen LogP contribution in [0, 0.1) is 11.3 Å². The van der Waals surface area contributed by atoms with E-state index >= 15 is 0 Å². The van der Waals surface area contributed by atoms with Gasteiger partial charge in [0.15, 0.2) is 0 Å². The molecule has 2 amide bonds. The molecule has 1 aliphatic heterocycles. The van der Waals surface area contributed by atoms with Gasteiger partial charge in [0.25, 0.3) is 0 Å². The monoisotopic (exact) mass is 275 g/mol. The Kier molecular flexibility index (Phi) is 4.46. The Morgan fingerprint density at radius 2 is 2.00 bits per heavy atom. The van der Waals surface area contributed by atoms with Crippen molar-refractivity contribution in [2.24, 2.45) is 11.3 Å². The van der Waals surface area contributed by atoms with Crippen molar-refractivity contribution in [1.29, 1.82) is 0 Å². The van der Waals surface area contributed by atoms with Crippen molar-refractivity contribution in [1.82, 2.24) is 4.90 Å². The highest BCUT2D eigenvalue weighted by Crippen LogP contribution is 2.51. The molecular weight excluding hydrogens is 250 g/mol. The summed E-state index contributed by atoms with van der Waals surface area (Å²) in [5.41, 5.74) is 0.190. The second-order valence-electron chi connectivity index (χ2n) is 5.94. The number of carbonyl (C=O) groups excluding carboxylic acids is 2. The molecule has 0 aromatic carbocycles. The van der Waals surface area contributed by atoms with Crippen LogP contribution in [0.15, 0.2) is 24.3 Å². The highest BCUT2D eigenvalue weighted by Gasteiger charge is 2.59. The molecule has 2 aliphatic rings. The average Bonchev–Trinajstić information content (AvgIpc) is 2.65. The highest BCUT2D eigenvalue weighted by atomic mass is 16.2. The molecule has 0 saturated carbocycles. The van der Waals surface area contributed by atoms with Crippen molar-refractivity contribution < 1.29 is 9.59 Å². The van der Waals surface area contributed by atoms with Gasteiger partial charge < -0.3 is 0 Å². The van der Waals surface area contributed by atoms with Crippen molar-refractivity contribution in [2.75, 3.05) is 6.54 Å². The summed E-state index contributed by atoms with van der Waals surface area (Å²) in [6.07, 6.45) is 9.23. The molecule has 0 radical (unpaired) electrons. The molecule has 20 heavy (non-hydrogen) atoms. The minimum absolute atomic E-state index is 0.00347. The lowest BCUT2D eigenvalue weighted by Crippen LogP contribution is -2.39. The summed E-state index contributed by atoms with van der Waals surface area (Å²) in [7, 11) is 0. The number of carbonyl (C=O) groups is 2. The maximum Gasteiger partial charge on any atom is 0.240 e. The van der Waals surface area contributed by atoms with E-state index in [1.54, 1.807) is 0 Å². The third-order valence-corrected chi connectivity index (χ3v) is 4.71. The van der Waals surface area contributed by atoms with Crippen molar-refractivity contribution >= 4 is 11.8 Å². The smallest absolute Gasteiger partial charge is 0.240 e. The summed E-state index contributed by atoms with van der Waals surface area (Å²) in [4.78, 5) is 27.0. The summed E-state index contributed by atoms with van der Waals surface area (Å²) in [6, 6.07) is 0. The van der Waals surface area contributed by atoms with Gasteiger partial charge in [-0.3, -0.25) is 14.5 Å². The van der Waals surface area contributed by atoms with E-state index in [1.165, 1.54) is 4.90 Å². The van der Waals surface area contributed by atoms with Gasteiger partial charge in [-0.05, 0) is 24.8 Å². The molecule has 0 N–H and O–H groups in total. The third-order valence-electron chi connectivity index (χ3n) is 4.71. The van der Waals surface area contributed by atoms with Crippen LogP contribution in [0.4, 0.5) is 0 Å². The molecule has 1 fully saturated rings. The summed E-state index contributed by atoms with van der Waals surface area (Å²) < 4.78 is 0. The lowest BCUT2D eigenvalue weighted by molar-refractivity contribution is -0.141. The Bertz CT molecular complexity index is 452. The van der Waals surface area contributed by atoms with E-state index < -0.39 is 5.41 Å². The van der Waals surface area contributed by atoms with Crippen LogP contribution in [0.5, 0.6) is 0 Å². The van der Waals surface area contributed by atoms with Gasteiger partial charge in [0.05, 0.1) is 11.3 Å². The standard InChI is InChI=1S/C17H25NO2/c1-4-6-11-17-13(3)9-8-10-14(17)15(19)18(16(17)20)12-7-5-2/h8-9,14H,3-7,10-12H2,1-2H3. The van der Waals surface area contributed by atoms with E-state index in [9.17, 15) is 9.59 Å². The zero-order chi connectivity index (χ0) is 14.8. The molecule has 2 atom stereocenters. The summed E-state index contributed by atoms with van der Waals surface area (Å²) in [6.45, 7) is 8.85. The first kappa shape index (κ1) is 15.0. The van der Waals surface area contributed by atoms with Crippen LogP contribution in [0.25, 0.3) is 0 Å². The average molecular weight is 275 g/mol. The largest absolute Gasteiger partial charge is 0.282 e. The zero-order valence-electron chi connectivity index (χ0n) is 12.7. The first-order valence-corrected chi connectivity index (χ1v) is 7.81. The minimum Gasteiger partial charge on any atom is -0.282 e. The number of imide groups is 1. The van der Waals surface area contributed by atoms with Crippen LogP contribution in [0.1, 0.15) is 52.4 Å². The fourth-order valence-corrected chi connectivity index (χ4v) is 3.47. The van der Waals surface area contributed by atoms with Crippen molar-refractivity contribution in [3.8, 4) is 0 Å². The number of nitrogens with zero attached hydrogens (tertiary/aromatic N) is 1. The summed E-state index contributed by atoms with van der Waals surface area (Å²) in [5.74, 6) is -0.190. The Labute approximate surface area is 121 Å². The van der Waals surface area contributed by atoms with Crippen molar-refractivity contribution in [2.45, 2.75) is 52.4 Å². The number of allylic oxidation sites excluding steroid dienone is 2. The Hall–Kier alpha value is -1.38. The van der Waals surface area contributed by atoms with E-state index in [4.69, 9.17) is 0 Å². The molecule has 2 rings (SSSR count). The molecule has 0 spiro atoms. The van der Waals surface area contributed by atoms with Crippen LogP contribution in [0.2, 0.25) is 0 Å². The van der Waals surface area contributed by atoms with Crippen molar-refractivity contribution in [3.05, 3.63) is 24.3 Å². The molecule has 3 nitrogen and oxygen atoms in total. The molecule has 1 aliphatic carbocycles. The van der Waals surface area contributed by atoms with Gasteiger partial charge in [0.2, 0.25) is 11.8 Å².